The molecule has 1 saturated heterocycles. The van der Waals surface area contributed by atoms with Gasteiger partial charge in [0.05, 0.1) is 6.04 Å². The Hall–Kier alpha value is -1.03. The topological polar surface area (TPSA) is 37.3 Å². The summed E-state index contributed by atoms with van der Waals surface area (Å²) in [6, 6.07) is 4.21. The van der Waals surface area contributed by atoms with Crippen LogP contribution < -0.4 is 5.32 Å². The molecule has 0 amide bonds. The molecule has 86 valence electrons. The van der Waals surface area contributed by atoms with Gasteiger partial charge in [0.2, 0.25) is 0 Å². The third-order valence-electron chi connectivity index (χ3n) is 2.51. The summed E-state index contributed by atoms with van der Waals surface area (Å²) in [7, 11) is 0. The quantitative estimate of drug-likeness (QED) is 0.856. The van der Waals surface area contributed by atoms with Crippen LogP contribution >= 0.6 is 11.8 Å². The molecule has 1 atom stereocenters. The van der Waals surface area contributed by atoms with Gasteiger partial charge in [0.25, 0.3) is 0 Å². The number of nitrogens with one attached hydrogen (secondary N) is 1. The van der Waals surface area contributed by atoms with E-state index in [2.05, 4.69) is 36.1 Å². The molecule has 1 fully saturated rings. The lowest BCUT2D eigenvalue weighted by Crippen LogP contribution is -2.37. The van der Waals surface area contributed by atoms with Crippen molar-refractivity contribution in [1.82, 2.24) is 10.3 Å². The zero-order chi connectivity index (χ0) is 11.6. The number of amidine groups is 1. The highest BCUT2D eigenvalue weighted by atomic mass is 32.2. The normalized spacial score (nSPS) is 23.1. The van der Waals surface area contributed by atoms with E-state index in [1.165, 1.54) is 5.56 Å². The Bertz CT molecular complexity index is 387. The molecule has 0 radical (unpaired) electrons. The highest BCUT2D eigenvalue weighted by molar-refractivity contribution is 8.14. The van der Waals surface area contributed by atoms with Crippen molar-refractivity contribution in [2.24, 2.45) is 4.99 Å². The van der Waals surface area contributed by atoms with Gasteiger partial charge < -0.3 is 5.32 Å². The standard InChI is InChI=1S/C12H17N3S/c1-9(10-4-6-13-7-5-10)14-11-15-12(2,3)8-16-11/h4-7,9H,8H2,1-3H3,(H,14,15). The van der Waals surface area contributed by atoms with Gasteiger partial charge in [-0.3, -0.25) is 9.98 Å². The van der Waals surface area contributed by atoms with E-state index in [9.17, 15) is 0 Å². The Morgan fingerprint density at radius 2 is 2.12 bits per heavy atom. The molecule has 0 aromatic carbocycles. The summed E-state index contributed by atoms with van der Waals surface area (Å²) in [5, 5.41) is 4.48. The molecule has 0 aliphatic carbocycles. The first-order valence-corrected chi connectivity index (χ1v) is 6.44. The Kier molecular flexibility index (Phi) is 3.19. The average Bonchev–Trinajstić information content (AvgIpc) is 2.59. The van der Waals surface area contributed by atoms with Crippen LogP contribution in [0.25, 0.3) is 0 Å². The van der Waals surface area contributed by atoms with Crippen molar-refractivity contribution < 1.29 is 0 Å². The van der Waals surface area contributed by atoms with Crippen LogP contribution in [0.2, 0.25) is 0 Å². The van der Waals surface area contributed by atoms with Crippen molar-refractivity contribution in [1.29, 1.82) is 0 Å². The van der Waals surface area contributed by atoms with Crippen molar-refractivity contribution in [3.8, 4) is 0 Å². The van der Waals surface area contributed by atoms with E-state index in [1.54, 1.807) is 11.8 Å². The maximum atomic E-state index is 4.68. The number of aliphatic imine (C=N–C) groups is 1. The molecule has 2 heterocycles. The Morgan fingerprint density at radius 1 is 1.44 bits per heavy atom. The van der Waals surface area contributed by atoms with Crippen LogP contribution in [0.5, 0.6) is 0 Å². The fraction of sp³-hybridized carbons (Fsp3) is 0.500. The molecular weight excluding hydrogens is 218 g/mol. The van der Waals surface area contributed by atoms with Gasteiger partial charge in [-0.15, -0.1) is 0 Å². The van der Waals surface area contributed by atoms with E-state index in [-0.39, 0.29) is 11.6 Å². The van der Waals surface area contributed by atoms with Crippen molar-refractivity contribution in [3.05, 3.63) is 30.1 Å². The zero-order valence-electron chi connectivity index (χ0n) is 9.90. The van der Waals surface area contributed by atoms with Crippen molar-refractivity contribution in [2.45, 2.75) is 32.4 Å². The lowest BCUT2D eigenvalue weighted by Gasteiger charge is -2.16. The SMILES string of the molecule is CC(N=C1NC(C)(C)CS1)c1ccncc1. The summed E-state index contributed by atoms with van der Waals surface area (Å²) in [5.41, 5.74) is 1.37. The van der Waals surface area contributed by atoms with Crippen molar-refractivity contribution in [3.63, 3.8) is 0 Å². The van der Waals surface area contributed by atoms with E-state index in [1.807, 2.05) is 24.5 Å². The maximum Gasteiger partial charge on any atom is 0.157 e. The van der Waals surface area contributed by atoms with Crippen molar-refractivity contribution in [2.75, 3.05) is 5.75 Å². The molecule has 0 saturated carbocycles. The van der Waals surface area contributed by atoms with Gasteiger partial charge in [0.15, 0.2) is 5.17 Å². The second-order valence-corrected chi connectivity index (χ2v) is 5.65. The molecule has 1 aromatic heterocycles. The molecule has 1 unspecified atom stereocenters. The third kappa shape index (κ3) is 2.76. The zero-order valence-corrected chi connectivity index (χ0v) is 10.7. The number of hydrogen-bond acceptors (Lipinski definition) is 3. The minimum atomic E-state index is 0.168. The minimum absolute atomic E-state index is 0.168. The molecule has 3 nitrogen and oxygen atoms in total. The van der Waals surface area contributed by atoms with E-state index in [4.69, 9.17) is 0 Å². The van der Waals surface area contributed by atoms with Gasteiger partial charge in [0.1, 0.15) is 0 Å². The second kappa shape index (κ2) is 4.45. The highest BCUT2D eigenvalue weighted by Gasteiger charge is 2.27. The van der Waals surface area contributed by atoms with E-state index in [0.29, 0.717) is 0 Å². The summed E-state index contributed by atoms with van der Waals surface area (Å²) >= 11 is 1.80. The van der Waals surface area contributed by atoms with Crippen LogP contribution in [0.15, 0.2) is 29.5 Å². The van der Waals surface area contributed by atoms with Gasteiger partial charge in [-0.2, -0.15) is 0 Å². The van der Waals surface area contributed by atoms with Gasteiger partial charge in [-0.25, -0.2) is 0 Å². The predicted octanol–water partition coefficient (Wildman–Crippen LogP) is 2.61. The predicted molar refractivity (Wildman–Crippen MR) is 69.8 cm³/mol. The summed E-state index contributed by atoms with van der Waals surface area (Å²) in [6.07, 6.45) is 3.62. The number of nitrogens with zero attached hydrogens (tertiary/aromatic N) is 2. The van der Waals surface area contributed by atoms with Crippen LogP contribution in [0.1, 0.15) is 32.4 Å². The molecule has 0 bridgehead atoms. The second-order valence-electron chi connectivity index (χ2n) is 4.69. The Labute approximate surface area is 101 Å². The number of rotatable bonds is 2. The van der Waals surface area contributed by atoms with Crippen LogP contribution in [-0.4, -0.2) is 21.4 Å². The van der Waals surface area contributed by atoms with Gasteiger partial charge in [-0.1, -0.05) is 11.8 Å². The number of pyridine rings is 1. The largest absolute Gasteiger partial charge is 0.359 e. The number of thioether (sulfide) groups is 1. The lowest BCUT2D eigenvalue weighted by atomic mass is 10.1. The molecule has 1 aliphatic heterocycles. The first-order valence-electron chi connectivity index (χ1n) is 5.45. The van der Waals surface area contributed by atoms with E-state index < -0.39 is 0 Å². The summed E-state index contributed by atoms with van der Waals surface area (Å²) in [6.45, 7) is 6.50. The maximum absolute atomic E-state index is 4.68. The summed E-state index contributed by atoms with van der Waals surface area (Å²) in [4.78, 5) is 8.70. The third-order valence-corrected chi connectivity index (χ3v) is 3.86. The lowest BCUT2D eigenvalue weighted by molar-refractivity contribution is 0.535. The number of aromatic nitrogens is 1. The minimum Gasteiger partial charge on any atom is -0.359 e. The molecule has 1 N–H and O–H groups in total. The summed E-state index contributed by atoms with van der Waals surface area (Å²) < 4.78 is 0. The molecule has 1 aromatic rings. The molecule has 4 heteroatoms. The molecule has 1 aliphatic rings. The molecule has 2 rings (SSSR count). The first-order chi connectivity index (χ1) is 7.57. The van der Waals surface area contributed by atoms with E-state index >= 15 is 0 Å². The molecule has 0 spiro atoms. The van der Waals surface area contributed by atoms with Crippen LogP contribution in [0.3, 0.4) is 0 Å². The monoisotopic (exact) mass is 235 g/mol. The van der Waals surface area contributed by atoms with Crippen LogP contribution in [0, 0.1) is 0 Å². The number of hydrogen-bond donors (Lipinski definition) is 1. The molecular formula is C12H17N3S. The smallest absolute Gasteiger partial charge is 0.157 e. The fourth-order valence-electron chi connectivity index (χ4n) is 1.57. The van der Waals surface area contributed by atoms with Crippen LogP contribution in [-0.2, 0) is 0 Å². The van der Waals surface area contributed by atoms with Crippen LogP contribution in [0.4, 0.5) is 0 Å². The summed E-state index contributed by atoms with van der Waals surface area (Å²) in [5.74, 6) is 1.08. The fourth-order valence-corrected chi connectivity index (χ4v) is 2.72. The van der Waals surface area contributed by atoms with Gasteiger partial charge in [-0.05, 0) is 38.5 Å². The van der Waals surface area contributed by atoms with Gasteiger partial charge >= 0.3 is 0 Å². The molecule has 16 heavy (non-hydrogen) atoms. The first kappa shape index (κ1) is 11.5. The Balaban J connectivity index is 2.08. The van der Waals surface area contributed by atoms with Gasteiger partial charge in [0, 0.05) is 23.7 Å². The van der Waals surface area contributed by atoms with E-state index in [0.717, 1.165) is 10.9 Å². The Morgan fingerprint density at radius 3 is 2.69 bits per heavy atom. The highest BCUT2D eigenvalue weighted by Crippen LogP contribution is 2.25. The van der Waals surface area contributed by atoms with Crippen molar-refractivity contribution >= 4 is 16.9 Å². The average molecular weight is 235 g/mol.